The fraction of sp³-hybridized carbons (Fsp3) is 0.429. The Balaban J connectivity index is 1.81. The molecule has 21 heavy (non-hydrogen) atoms. The van der Waals surface area contributed by atoms with Gasteiger partial charge in [0.2, 0.25) is 0 Å². The van der Waals surface area contributed by atoms with Gasteiger partial charge < -0.3 is 10.1 Å². The van der Waals surface area contributed by atoms with Gasteiger partial charge in [-0.2, -0.15) is 11.8 Å². The van der Waals surface area contributed by atoms with Gasteiger partial charge >= 0.3 is 6.03 Å². The smallest absolute Gasteiger partial charge is 0.324 e. The third-order valence-electron chi connectivity index (χ3n) is 3.11. The number of carbonyl (C=O) groups excluding carboxylic acids is 2. The zero-order valence-corrected chi connectivity index (χ0v) is 12.5. The summed E-state index contributed by atoms with van der Waals surface area (Å²) in [7, 11) is 0. The van der Waals surface area contributed by atoms with Crippen LogP contribution in [0.25, 0.3) is 0 Å². The third-order valence-corrected chi connectivity index (χ3v) is 3.76. The van der Waals surface area contributed by atoms with Crippen molar-refractivity contribution in [2.45, 2.75) is 12.5 Å². The molecular weight excluding hydrogens is 295 g/mol. The molecule has 1 saturated heterocycles. The first-order valence-corrected chi connectivity index (χ1v) is 8.00. The Morgan fingerprint density at radius 1 is 1.33 bits per heavy atom. The molecule has 0 aliphatic carbocycles. The van der Waals surface area contributed by atoms with Crippen LogP contribution in [0.4, 0.5) is 9.18 Å². The average molecular weight is 312 g/mol. The summed E-state index contributed by atoms with van der Waals surface area (Å²) in [5.41, 5.74) is 0. The molecule has 7 heteroatoms. The van der Waals surface area contributed by atoms with Crippen LogP contribution in [-0.2, 0) is 4.79 Å². The summed E-state index contributed by atoms with van der Waals surface area (Å²) in [5.74, 6) is 0.767. The van der Waals surface area contributed by atoms with Gasteiger partial charge in [-0.15, -0.1) is 0 Å². The van der Waals surface area contributed by atoms with Crippen molar-refractivity contribution in [3.8, 4) is 5.75 Å². The minimum Gasteiger partial charge on any atom is -0.492 e. The molecular formula is C14H17FN2O3S. The number of urea groups is 1. The van der Waals surface area contributed by atoms with Crippen molar-refractivity contribution >= 4 is 23.7 Å². The minimum atomic E-state index is -0.434. The number of hydrogen-bond acceptors (Lipinski definition) is 4. The largest absolute Gasteiger partial charge is 0.492 e. The third kappa shape index (κ3) is 4.10. The van der Waals surface area contributed by atoms with Crippen LogP contribution in [0.1, 0.15) is 6.42 Å². The highest BCUT2D eigenvalue weighted by Gasteiger charge is 2.37. The quantitative estimate of drug-likeness (QED) is 0.781. The Kier molecular flexibility index (Phi) is 5.44. The molecule has 5 nitrogen and oxygen atoms in total. The Bertz CT molecular complexity index is 509. The lowest BCUT2D eigenvalue weighted by Gasteiger charge is -2.13. The summed E-state index contributed by atoms with van der Waals surface area (Å²) in [6, 6.07) is 4.78. The monoisotopic (exact) mass is 312 g/mol. The van der Waals surface area contributed by atoms with Crippen LogP contribution >= 0.6 is 11.8 Å². The summed E-state index contributed by atoms with van der Waals surface area (Å²) in [6.07, 6.45) is 2.58. The van der Waals surface area contributed by atoms with E-state index in [4.69, 9.17) is 4.74 Å². The molecule has 0 bridgehead atoms. The first-order valence-electron chi connectivity index (χ1n) is 6.61. The van der Waals surface area contributed by atoms with Crippen LogP contribution < -0.4 is 10.1 Å². The van der Waals surface area contributed by atoms with E-state index < -0.39 is 6.04 Å². The highest BCUT2D eigenvalue weighted by molar-refractivity contribution is 7.98. The molecule has 0 saturated carbocycles. The van der Waals surface area contributed by atoms with E-state index in [1.54, 1.807) is 11.8 Å². The van der Waals surface area contributed by atoms with Crippen LogP contribution in [0.15, 0.2) is 24.3 Å². The highest BCUT2D eigenvalue weighted by Crippen LogP contribution is 2.13. The van der Waals surface area contributed by atoms with Crippen LogP contribution in [0.3, 0.4) is 0 Å². The van der Waals surface area contributed by atoms with Gasteiger partial charge in [0.25, 0.3) is 5.91 Å². The van der Waals surface area contributed by atoms with E-state index in [1.165, 1.54) is 24.3 Å². The highest BCUT2D eigenvalue weighted by atomic mass is 32.2. The van der Waals surface area contributed by atoms with Crippen molar-refractivity contribution in [3.63, 3.8) is 0 Å². The number of hydrogen-bond donors (Lipinski definition) is 1. The normalized spacial score (nSPS) is 18.0. The number of nitrogens with one attached hydrogen (secondary N) is 1. The number of halogens is 1. The fourth-order valence-electron chi connectivity index (χ4n) is 2.01. The predicted octanol–water partition coefficient (Wildman–Crippen LogP) is 1.88. The second kappa shape index (κ2) is 7.31. The van der Waals surface area contributed by atoms with E-state index in [-0.39, 0.29) is 30.9 Å². The van der Waals surface area contributed by atoms with Gasteiger partial charge in [-0.05, 0) is 42.7 Å². The van der Waals surface area contributed by atoms with Crippen LogP contribution in [0.2, 0.25) is 0 Å². The van der Waals surface area contributed by atoms with Gasteiger partial charge in [0.1, 0.15) is 24.2 Å². The fourth-order valence-corrected chi connectivity index (χ4v) is 2.48. The SMILES string of the molecule is CSCCC1NC(=O)N(CCOc2ccc(F)cc2)C1=O. The minimum absolute atomic E-state index is 0.178. The van der Waals surface area contributed by atoms with Crippen LogP contribution in [0, 0.1) is 5.82 Å². The number of nitrogens with zero attached hydrogens (tertiary/aromatic N) is 1. The van der Waals surface area contributed by atoms with E-state index in [1.807, 2.05) is 6.26 Å². The molecule has 1 fully saturated rings. The second-order valence-electron chi connectivity index (χ2n) is 4.58. The van der Waals surface area contributed by atoms with Crippen molar-refractivity contribution < 1.29 is 18.7 Å². The van der Waals surface area contributed by atoms with Crippen LogP contribution in [-0.4, -0.2) is 48.0 Å². The van der Waals surface area contributed by atoms with E-state index in [0.717, 1.165) is 10.7 Å². The second-order valence-corrected chi connectivity index (χ2v) is 5.56. The first-order chi connectivity index (χ1) is 10.1. The molecule has 0 radical (unpaired) electrons. The standard InChI is InChI=1S/C14H17FN2O3S/c1-21-9-6-12-13(18)17(14(19)16-12)7-8-20-11-4-2-10(15)3-5-11/h2-5,12H,6-9H2,1H3,(H,16,19). The van der Waals surface area contributed by atoms with E-state index in [9.17, 15) is 14.0 Å². The molecule has 0 aromatic heterocycles. The molecule has 1 aromatic carbocycles. The Hall–Kier alpha value is -1.76. The number of benzene rings is 1. The number of imide groups is 1. The zero-order valence-electron chi connectivity index (χ0n) is 11.7. The van der Waals surface area contributed by atoms with E-state index in [2.05, 4.69) is 5.32 Å². The van der Waals surface area contributed by atoms with Crippen molar-refractivity contribution in [2.24, 2.45) is 0 Å². The van der Waals surface area contributed by atoms with Gasteiger partial charge in [0, 0.05) is 0 Å². The molecule has 114 valence electrons. The summed E-state index contributed by atoms with van der Waals surface area (Å²) in [4.78, 5) is 24.9. The topological polar surface area (TPSA) is 58.6 Å². The maximum Gasteiger partial charge on any atom is 0.324 e. The summed E-state index contributed by atoms with van der Waals surface area (Å²) < 4.78 is 18.1. The lowest BCUT2D eigenvalue weighted by Crippen LogP contribution is -2.35. The van der Waals surface area contributed by atoms with Crippen molar-refractivity contribution in [1.29, 1.82) is 0 Å². The van der Waals surface area contributed by atoms with E-state index >= 15 is 0 Å². The number of rotatable bonds is 7. The lowest BCUT2D eigenvalue weighted by atomic mass is 10.2. The molecule has 3 amide bonds. The predicted molar refractivity (Wildman–Crippen MR) is 78.9 cm³/mol. The first kappa shape index (κ1) is 15.6. The molecule has 0 spiro atoms. The van der Waals surface area contributed by atoms with Gasteiger partial charge in [-0.3, -0.25) is 9.69 Å². The molecule has 2 rings (SSSR count). The van der Waals surface area contributed by atoms with Gasteiger partial charge in [0.15, 0.2) is 0 Å². The van der Waals surface area contributed by atoms with Gasteiger partial charge in [-0.25, -0.2) is 9.18 Å². The molecule has 1 aliphatic heterocycles. The number of thioether (sulfide) groups is 1. The van der Waals surface area contributed by atoms with Gasteiger partial charge in [-0.1, -0.05) is 0 Å². The summed E-state index contributed by atoms with van der Waals surface area (Å²) >= 11 is 1.63. The maximum absolute atomic E-state index is 12.7. The van der Waals surface area contributed by atoms with Crippen molar-refractivity contribution in [2.75, 3.05) is 25.2 Å². The van der Waals surface area contributed by atoms with Crippen LogP contribution in [0.5, 0.6) is 5.75 Å². The molecule has 1 aromatic rings. The summed E-state index contributed by atoms with van der Waals surface area (Å²) in [5, 5.41) is 2.66. The van der Waals surface area contributed by atoms with Gasteiger partial charge in [0.05, 0.1) is 6.54 Å². The number of amides is 3. The molecule has 1 aliphatic rings. The van der Waals surface area contributed by atoms with Crippen molar-refractivity contribution in [3.05, 3.63) is 30.1 Å². The molecule has 1 heterocycles. The Morgan fingerprint density at radius 3 is 2.71 bits per heavy atom. The van der Waals surface area contributed by atoms with Crippen molar-refractivity contribution in [1.82, 2.24) is 10.2 Å². The lowest BCUT2D eigenvalue weighted by molar-refractivity contribution is -0.127. The van der Waals surface area contributed by atoms with E-state index in [0.29, 0.717) is 12.2 Å². The number of ether oxygens (including phenoxy) is 1. The Morgan fingerprint density at radius 2 is 2.05 bits per heavy atom. The molecule has 1 atom stereocenters. The average Bonchev–Trinajstić information content (AvgIpc) is 2.74. The summed E-state index contributed by atoms with van der Waals surface area (Å²) in [6.45, 7) is 0.359. The molecule has 1 unspecified atom stereocenters. The maximum atomic E-state index is 12.7. The molecule has 1 N–H and O–H groups in total. The zero-order chi connectivity index (χ0) is 15.2. The number of carbonyl (C=O) groups is 2. The Labute approximate surface area is 126 Å².